The summed E-state index contributed by atoms with van der Waals surface area (Å²) in [7, 11) is 0. The molecule has 2 heterocycles. The predicted octanol–water partition coefficient (Wildman–Crippen LogP) is 0.723. The largest absolute Gasteiger partial charge is 0.329 e. The fourth-order valence-corrected chi connectivity index (χ4v) is 2.13. The number of nitrogens with one attached hydrogen (secondary N) is 1. The number of nitrogens with zero attached hydrogens (tertiary/aromatic N) is 2. The maximum absolute atomic E-state index is 5.76. The van der Waals surface area contributed by atoms with Crippen LogP contribution in [0.5, 0.6) is 0 Å². The number of likely N-dealkylation sites (tertiary alicyclic amines) is 1. The number of nitrogens with two attached hydrogens (primary N) is 1. The third-order valence-corrected chi connectivity index (χ3v) is 2.95. The van der Waals surface area contributed by atoms with Crippen molar-refractivity contribution in [3.05, 3.63) is 18.0 Å². The monoisotopic (exact) mass is 194 g/mol. The van der Waals surface area contributed by atoms with Crippen LogP contribution in [0.1, 0.15) is 25.0 Å². The van der Waals surface area contributed by atoms with Crippen LogP contribution < -0.4 is 5.73 Å². The Labute approximate surface area is 84.5 Å². The van der Waals surface area contributed by atoms with Gasteiger partial charge in [0.2, 0.25) is 0 Å². The SMILES string of the molecule is NC[C@@H]1CCCCN1Cc1ccn[nH]1. The van der Waals surface area contributed by atoms with Crippen molar-refractivity contribution >= 4 is 0 Å². The van der Waals surface area contributed by atoms with Crippen molar-refractivity contribution in [2.24, 2.45) is 5.73 Å². The number of hydrogen-bond donors (Lipinski definition) is 2. The second-order valence-electron chi connectivity index (χ2n) is 3.94. The Morgan fingerprint density at radius 3 is 3.21 bits per heavy atom. The highest BCUT2D eigenvalue weighted by molar-refractivity contribution is 4.98. The van der Waals surface area contributed by atoms with E-state index in [0.717, 1.165) is 13.1 Å². The summed E-state index contributed by atoms with van der Waals surface area (Å²) in [6.45, 7) is 2.90. The van der Waals surface area contributed by atoms with Crippen molar-refractivity contribution in [3.8, 4) is 0 Å². The van der Waals surface area contributed by atoms with Crippen LogP contribution in [0.25, 0.3) is 0 Å². The molecule has 14 heavy (non-hydrogen) atoms. The number of aromatic amines is 1. The third-order valence-electron chi connectivity index (χ3n) is 2.95. The lowest BCUT2D eigenvalue weighted by molar-refractivity contribution is 0.143. The summed E-state index contributed by atoms with van der Waals surface area (Å²) in [6, 6.07) is 2.59. The summed E-state index contributed by atoms with van der Waals surface area (Å²) in [5, 5.41) is 6.95. The second kappa shape index (κ2) is 4.57. The maximum atomic E-state index is 5.76. The molecular formula is C10H18N4. The van der Waals surface area contributed by atoms with E-state index in [1.807, 2.05) is 6.07 Å². The first-order chi connectivity index (χ1) is 6.90. The van der Waals surface area contributed by atoms with Crippen LogP contribution in [-0.4, -0.2) is 34.2 Å². The van der Waals surface area contributed by atoms with Crippen LogP contribution in [-0.2, 0) is 6.54 Å². The quantitative estimate of drug-likeness (QED) is 0.745. The number of piperidine rings is 1. The lowest BCUT2D eigenvalue weighted by Crippen LogP contribution is -2.43. The highest BCUT2D eigenvalue weighted by Gasteiger charge is 2.20. The molecule has 0 unspecified atom stereocenters. The summed E-state index contributed by atoms with van der Waals surface area (Å²) in [5.74, 6) is 0. The van der Waals surface area contributed by atoms with Gasteiger partial charge in [0.15, 0.2) is 0 Å². The molecule has 1 aliphatic rings. The molecule has 0 radical (unpaired) electrons. The van der Waals surface area contributed by atoms with E-state index in [4.69, 9.17) is 5.73 Å². The van der Waals surface area contributed by atoms with E-state index in [1.165, 1.54) is 31.5 Å². The van der Waals surface area contributed by atoms with Crippen LogP contribution in [0.3, 0.4) is 0 Å². The predicted molar refractivity (Wildman–Crippen MR) is 55.7 cm³/mol. The highest BCUT2D eigenvalue weighted by Crippen LogP contribution is 2.17. The van der Waals surface area contributed by atoms with Gasteiger partial charge in [-0.15, -0.1) is 0 Å². The van der Waals surface area contributed by atoms with Gasteiger partial charge >= 0.3 is 0 Å². The molecule has 78 valence electrons. The summed E-state index contributed by atoms with van der Waals surface area (Å²) in [5.41, 5.74) is 6.94. The number of hydrogen-bond acceptors (Lipinski definition) is 3. The zero-order valence-corrected chi connectivity index (χ0v) is 8.45. The molecule has 0 amide bonds. The minimum absolute atomic E-state index is 0.562. The molecule has 0 aromatic carbocycles. The minimum atomic E-state index is 0.562. The Bertz CT molecular complexity index is 257. The molecule has 3 N–H and O–H groups in total. The van der Waals surface area contributed by atoms with Gasteiger partial charge in [-0.1, -0.05) is 6.42 Å². The van der Waals surface area contributed by atoms with Gasteiger partial charge in [-0.25, -0.2) is 0 Å². The molecule has 0 spiro atoms. The second-order valence-corrected chi connectivity index (χ2v) is 3.94. The summed E-state index contributed by atoms with van der Waals surface area (Å²) in [4.78, 5) is 2.46. The first kappa shape index (κ1) is 9.68. The van der Waals surface area contributed by atoms with Gasteiger partial charge in [-0.05, 0) is 25.5 Å². The molecule has 1 fully saturated rings. The van der Waals surface area contributed by atoms with E-state index < -0.39 is 0 Å². The van der Waals surface area contributed by atoms with Crippen molar-refractivity contribution in [1.82, 2.24) is 15.1 Å². The van der Waals surface area contributed by atoms with Crippen LogP contribution >= 0.6 is 0 Å². The fourth-order valence-electron chi connectivity index (χ4n) is 2.13. The molecule has 1 aliphatic heterocycles. The number of H-pyrrole nitrogens is 1. The molecule has 1 saturated heterocycles. The third kappa shape index (κ3) is 2.13. The van der Waals surface area contributed by atoms with E-state index in [-0.39, 0.29) is 0 Å². The Kier molecular flexibility index (Phi) is 3.16. The lowest BCUT2D eigenvalue weighted by atomic mass is 10.0. The minimum Gasteiger partial charge on any atom is -0.329 e. The molecule has 0 saturated carbocycles. The molecule has 4 nitrogen and oxygen atoms in total. The lowest BCUT2D eigenvalue weighted by Gasteiger charge is -2.34. The zero-order chi connectivity index (χ0) is 9.80. The van der Waals surface area contributed by atoms with Gasteiger partial charge in [0.25, 0.3) is 0 Å². The Hall–Kier alpha value is -0.870. The highest BCUT2D eigenvalue weighted by atomic mass is 15.2. The fraction of sp³-hybridized carbons (Fsp3) is 0.700. The van der Waals surface area contributed by atoms with E-state index in [1.54, 1.807) is 6.20 Å². The van der Waals surface area contributed by atoms with Gasteiger partial charge in [-0.3, -0.25) is 10.00 Å². The van der Waals surface area contributed by atoms with E-state index in [9.17, 15) is 0 Å². The van der Waals surface area contributed by atoms with Crippen molar-refractivity contribution in [2.45, 2.75) is 31.8 Å². The molecule has 2 rings (SSSR count). The molecule has 1 atom stereocenters. The molecule has 1 aromatic rings. The summed E-state index contributed by atoms with van der Waals surface area (Å²) < 4.78 is 0. The van der Waals surface area contributed by atoms with Gasteiger partial charge in [0.1, 0.15) is 0 Å². The summed E-state index contributed by atoms with van der Waals surface area (Å²) in [6.07, 6.45) is 5.66. The van der Waals surface area contributed by atoms with Gasteiger partial charge in [0.05, 0.1) is 0 Å². The average molecular weight is 194 g/mol. The Morgan fingerprint density at radius 1 is 1.57 bits per heavy atom. The number of aromatic nitrogens is 2. The Balaban J connectivity index is 1.94. The molecular weight excluding hydrogens is 176 g/mol. The standard InChI is InChI=1S/C10H18N4/c11-7-10-3-1-2-6-14(10)8-9-4-5-12-13-9/h4-5,10H,1-3,6-8,11H2,(H,12,13)/t10-/m0/s1. The van der Waals surface area contributed by atoms with E-state index in [2.05, 4.69) is 15.1 Å². The van der Waals surface area contributed by atoms with Gasteiger partial charge in [0, 0.05) is 31.0 Å². The van der Waals surface area contributed by atoms with E-state index in [0.29, 0.717) is 6.04 Å². The first-order valence-electron chi connectivity index (χ1n) is 5.32. The normalized spacial score (nSPS) is 23.9. The molecule has 0 aliphatic carbocycles. The van der Waals surface area contributed by atoms with Crippen molar-refractivity contribution in [1.29, 1.82) is 0 Å². The number of rotatable bonds is 3. The average Bonchev–Trinajstić information content (AvgIpc) is 2.71. The van der Waals surface area contributed by atoms with E-state index >= 15 is 0 Å². The molecule has 4 heteroatoms. The summed E-state index contributed by atoms with van der Waals surface area (Å²) >= 11 is 0. The topological polar surface area (TPSA) is 57.9 Å². The van der Waals surface area contributed by atoms with Crippen molar-refractivity contribution in [3.63, 3.8) is 0 Å². The Morgan fingerprint density at radius 2 is 2.50 bits per heavy atom. The van der Waals surface area contributed by atoms with Gasteiger partial charge < -0.3 is 5.73 Å². The smallest absolute Gasteiger partial charge is 0.0492 e. The maximum Gasteiger partial charge on any atom is 0.0492 e. The van der Waals surface area contributed by atoms with Crippen LogP contribution in [0.2, 0.25) is 0 Å². The van der Waals surface area contributed by atoms with Crippen LogP contribution in [0.4, 0.5) is 0 Å². The van der Waals surface area contributed by atoms with Gasteiger partial charge in [-0.2, -0.15) is 5.10 Å². The van der Waals surface area contributed by atoms with Crippen LogP contribution in [0, 0.1) is 0 Å². The van der Waals surface area contributed by atoms with Crippen LogP contribution in [0.15, 0.2) is 12.3 Å². The molecule has 0 bridgehead atoms. The first-order valence-corrected chi connectivity index (χ1v) is 5.32. The zero-order valence-electron chi connectivity index (χ0n) is 8.45. The van der Waals surface area contributed by atoms with Crippen molar-refractivity contribution in [2.75, 3.05) is 13.1 Å². The van der Waals surface area contributed by atoms with Crippen molar-refractivity contribution < 1.29 is 0 Å². The molecule has 1 aromatic heterocycles.